The van der Waals surface area contributed by atoms with Gasteiger partial charge in [-0.2, -0.15) is 24.9 Å². The zero-order valence-electron chi connectivity index (χ0n) is 20.4. The van der Waals surface area contributed by atoms with E-state index in [0.29, 0.717) is 21.2 Å². The minimum absolute atomic E-state index is 0.113. The molecule has 0 aliphatic carbocycles. The quantitative estimate of drug-likeness (QED) is 0.304. The van der Waals surface area contributed by atoms with Crippen molar-refractivity contribution in [1.29, 1.82) is 0 Å². The molecule has 0 radical (unpaired) electrons. The van der Waals surface area contributed by atoms with Crippen LogP contribution in [0.1, 0.15) is 56.9 Å². The average molecular weight is 561 g/mol. The number of alkyl halides is 3. The van der Waals surface area contributed by atoms with Crippen molar-refractivity contribution in [1.82, 2.24) is 4.90 Å². The van der Waals surface area contributed by atoms with Gasteiger partial charge < -0.3 is 9.64 Å². The Labute approximate surface area is 225 Å². The molecule has 1 aliphatic rings. The van der Waals surface area contributed by atoms with Crippen molar-refractivity contribution in [3.8, 4) is 0 Å². The Kier molecular flexibility index (Phi) is 9.47. The molecule has 36 heavy (non-hydrogen) atoms. The highest BCUT2D eigenvalue weighted by Gasteiger charge is 2.48. The normalized spacial score (nSPS) is 21.9. The number of ether oxygens (including phenoxy) is 1. The van der Waals surface area contributed by atoms with Gasteiger partial charge in [-0.05, 0) is 35.4 Å². The molecular formula is C27H30Cl2F3NO2S. The molecule has 1 unspecified atom stereocenters. The van der Waals surface area contributed by atoms with Crippen molar-refractivity contribution < 1.29 is 22.7 Å². The molecule has 0 N–H and O–H groups in total. The number of hydrogen-bond donors (Lipinski definition) is 0. The molecule has 3 rings (SSSR count). The lowest BCUT2D eigenvalue weighted by atomic mass is 9.89. The minimum Gasteiger partial charge on any atom is -0.358 e. The van der Waals surface area contributed by atoms with Gasteiger partial charge in [-0.15, -0.1) is 6.58 Å². The summed E-state index contributed by atoms with van der Waals surface area (Å²) in [5.41, 5.74) is 1.30. The van der Waals surface area contributed by atoms with Crippen molar-refractivity contribution in [2.75, 3.05) is 5.75 Å². The molecule has 196 valence electrons. The highest BCUT2D eigenvalue weighted by molar-refractivity contribution is 8.00. The van der Waals surface area contributed by atoms with Gasteiger partial charge in [0.2, 0.25) is 0 Å². The third kappa shape index (κ3) is 7.67. The van der Waals surface area contributed by atoms with E-state index in [0.717, 1.165) is 0 Å². The summed E-state index contributed by atoms with van der Waals surface area (Å²) in [7, 11) is 0. The van der Waals surface area contributed by atoms with Gasteiger partial charge in [0.25, 0.3) is 5.91 Å². The number of morpholine rings is 1. The number of halogens is 5. The number of benzene rings is 2. The molecule has 4 atom stereocenters. The highest BCUT2D eigenvalue weighted by Crippen LogP contribution is 2.46. The van der Waals surface area contributed by atoms with Crippen LogP contribution in [0.25, 0.3) is 0 Å². The fraction of sp³-hybridized carbons (Fsp3) is 0.444. The van der Waals surface area contributed by atoms with Gasteiger partial charge in [0.05, 0.1) is 18.5 Å². The predicted octanol–water partition coefficient (Wildman–Crippen LogP) is 8.43. The molecule has 1 heterocycles. The van der Waals surface area contributed by atoms with E-state index >= 15 is 0 Å². The maximum Gasteiger partial charge on any atom is 0.391 e. The Morgan fingerprint density at radius 1 is 1.08 bits per heavy atom. The lowest BCUT2D eigenvalue weighted by molar-refractivity contribution is -0.188. The topological polar surface area (TPSA) is 29.5 Å². The van der Waals surface area contributed by atoms with Gasteiger partial charge in [0, 0.05) is 27.0 Å². The maximum atomic E-state index is 13.9. The number of amides is 1. The summed E-state index contributed by atoms with van der Waals surface area (Å²) in [6, 6.07) is 11.8. The first-order chi connectivity index (χ1) is 16.8. The van der Waals surface area contributed by atoms with Gasteiger partial charge >= 0.3 is 6.18 Å². The number of thioether (sulfide) groups is 1. The van der Waals surface area contributed by atoms with Crippen LogP contribution in [0.2, 0.25) is 10.0 Å². The Bertz CT molecular complexity index is 1060. The van der Waals surface area contributed by atoms with E-state index in [1.165, 1.54) is 16.7 Å². The minimum atomic E-state index is -4.47. The lowest BCUT2D eigenvalue weighted by Gasteiger charge is -2.48. The molecule has 1 aliphatic heterocycles. The molecule has 1 amide bonds. The molecule has 2 aromatic carbocycles. The summed E-state index contributed by atoms with van der Waals surface area (Å²) in [5.74, 6) is -0.376. The summed E-state index contributed by atoms with van der Waals surface area (Å²) in [5, 5.41) is 0.942. The smallest absolute Gasteiger partial charge is 0.358 e. The van der Waals surface area contributed by atoms with Crippen LogP contribution in [0, 0.1) is 0 Å². The van der Waals surface area contributed by atoms with E-state index in [1.54, 1.807) is 54.6 Å². The van der Waals surface area contributed by atoms with E-state index < -0.39 is 42.8 Å². The Morgan fingerprint density at radius 3 is 2.31 bits per heavy atom. The van der Waals surface area contributed by atoms with E-state index in [9.17, 15) is 18.0 Å². The van der Waals surface area contributed by atoms with E-state index in [4.69, 9.17) is 27.9 Å². The van der Waals surface area contributed by atoms with Crippen molar-refractivity contribution in [3.63, 3.8) is 0 Å². The van der Waals surface area contributed by atoms with Crippen LogP contribution in [-0.2, 0) is 9.53 Å². The zero-order valence-corrected chi connectivity index (χ0v) is 22.7. The SMILES string of the molecule is C=CC[C@@H]1O[C@H](c2cccc(Cl)c2)[C@@H](c2ccc(Cl)cc2)N(C(CSC(C)(C)C)CC(F)(F)F)C1=O. The Balaban J connectivity index is 2.19. The second kappa shape index (κ2) is 11.8. The van der Waals surface area contributed by atoms with E-state index in [1.807, 2.05) is 20.8 Å². The third-order valence-corrected chi connectivity index (χ3v) is 7.67. The van der Waals surface area contributed by atoms with Crippen LogP contribution >= 0.6 is 35.0 Å². The molecule has 0 bridgehead atoms. The standard InChI is InChI=1S/C27H30Cl2F3NO2S/c1-5-7-22-25(34)33(21(15-27(30,31)32)16-36-26(2,3)4)23(17-10-12-19(28)13-11-17)24(35-22)18-8-6-9-20(29)14-18/h5-6,8-14,21-24H,1,7,15-16H2,2-4H3/t21?,22-,23+,24+/m0/s1. The summed E-state index contributed by atoms with van der Waals surface area (Å²) >= 11 is 13.8. The third-order valence-electron chi connectivity index (χ3n) is 5.77. The fourth-order valence-electron chi connectivity index (χ4n) is 4.26. The molecule has 2 aromatic rings. The number of hydrogen-bond acceptors (Lipinski definition) is 3. The van der Waals surface area contributed by atoms with Crippen molar-refractivity contribution in [2.45, 2.75) is 68.8 Å². The summed E-state index contributed by atoms with van der Waals surface area (Å²) in [6.07, 6.45) is -5.60. The molecule has 0 saturated carbocycles. The van der Waals surface area contributed by atoms with Gasteiger partial charge in [-0.1, -0.05) is 74.3 Å². The number of rotatable bonds is 8. The Morgan fingerprint density at radius 2 is 1.75 bits per heavy atom. The van der Waals surface area contributed by atoms with Crippen LogP contribution in [-0.4, -0.2) is 39.6 Å². The van der Waals surface area contributed by atoms with E-state index in [2.05, 4.69) is 6.58 Å². The van der Waals surface area contributed by atoms with Crippen molar-refractivity contribution >= 4 is 40.9 Å². The first kappa shape index (κ1) is 28.9. The molecule has 3 nitrogen and oxygen atoms in total. The number of nitrogens with zero attached hydrogens (tertiary/aromatic N) is 1. The summed E-state index contributed by atoms with van der Waals surface area (Å²) in [4.78, 5) is 15.2. The first-order valence-electron chi connectivity index (χ1n) is 11.6. The van der Waals surface area contributed by atoms with E-state index in [-0.39, 0.29) is 16.9 Å². The molecular weight excluding hydrogens is 530 g/mol. The van der Waals surface area contributed by atoms with Crippen LogP contribution in [0.3, 0.4) is 0 Å². The highest BCUT2D eigenvalue weighted by atomic mass is 35.5. The fourth-order valence-corrected chi connectivity index (χ4v) is 5.56. The van der Waals surface area contributed by atoms with Gasteiger partial charge in [-0.3, -0.25) is 4.79 Å². The van der Waals surface area contributed by atoms with Crippen LogP contribution < -0.4 is 0 Å². The molecule has 9 heteroatoms. The van der Waals surface area contributed by atoms with Gasteiger partial charge in [0.1, 0.15) is 12.2 Å². The lowest BCUT2D eigenvalue weighted by Crippen LogP contribution is -2.56. The molecule has 1 saturated heterocycles. The van der Waals surface area contributed by atoms with Crippen LogP contribution in [0.4, 0.5) is 13.2 Å². The second-order valence-corrected chi connectivity index (χ2v) is 12.5. The average Bonchev–Trinajstić information content (AvgIpc) is 2.77. The van der Waals surface area contributed by atoms with Gasteiger partial charge in [-0.25, -0.2) is 0 Å². The molecule has 0 aromatic heterocycles. The zero-order chi connectivity index (χ0) is 26.7. The summed E-state index contributed by atoms with van der Waals surface area (Å²) < 4.78 is 47.6. The van der Waals surface area contributed by atoms with Crippen molar-refractivity contribution in [2.24, 2.45) is 0 Å². The predicted molar refractivity (Wildman–Crippen MR) is 142 cm³/mol. The van der Waals surface area contributed by atoms with Crippen LogP contribution in [0.15, 0.2) is 61.2 Å². The largest absolute Gasteiger partial charge is 0.391 e. The first-order valence-corrected chi connectivity index (χ1v) is 13.3. The Hall–Kier alpha value is -1.67. The van der Waals surface area contributed by atoms with Crippen LogP contribution in [0.5, 0.6) is 0 Å². The monoisotopic (exact) mass is 559 g/mol. The van der Waals surface area contributed by atoms with Gasteiger partial charge in [0.15, 0.2) is 0 Å². The molecule has 0 spiro atoms. The number of carbonyl (C=O) groups is 1. The molecule has 1 fully saturated rings. The summed E-state index contributed by atoms with van der Waals surface area (Å²) in [6.45, 7) is 9.54. The number of carbonyl (C=O) groups excluding carboxylic acids is 1. The van der Waals surface area contributed by atoms with Crippen molar-refractivity contribution in [3.05, 3.63) is 82.4 Å². The maximum absolute atomic E-state index is 13.9. The second-order valence-electron chi connectivity index (χ2n) is 9.76.